The Kier molecular flexibility index (Phi) is 9.90. The van der Waals surface area contributed by atoms with Crippen molar-refractivity contribution in [3.63, 3.8) is 0 Å². The van der Waals surface area contributed by atoms with Gasteiger partial charge in [-0.15, -0.1) is 0 Å². The van der Waals surface area contributed by atoms with Gasteiger partial charge in [-0.1, -0.05) is 30.3 Å². The van der Waals surface area contributed by atoms with Gasteiger partial charge in [0, 0.05) is 25.8 Å². The number of aliphatic hydroxyl groups excluding tert-OH is 2. The molecule has 0 aromatic heterocycles. The summed E-state index contributed by atoms with van der Waals surface area (Å²) in [7, 11) is 0. The number of rotatable bonds is 13. The SMILES string of the molecule is CC(=O)OCC(CCOCO[C@@H]1[C@H](O)[C@@H](CO)O[C@H]1N1CN=C2C1=NC=NC2(N)C(=O)c1ccccc1)OC(C)=O. The summed E-state index contributed by atoms with van der Waals surface area (Å²) in [5.41, 5.74) is 5.15. The lowest BCUT2D eigenvalue weighted by Crippen LogP contribution is -2.59. The second kappa shape index (κ2) is 13.4. The number of nitrogens with zero attached hydrogens (tertiary/aromatic N) is 4. The van der Waals surface area contributed by atoms with Crippen LogP contribution >= 0.6 is 0 Å². The molecule has 0 aliphatic carbocycles. The highest BCUT2D eigenvalue weighted by Crippen LogP contribution is 2.31. The van der Waals surface area contributed by atoms with E-state index in [-0.39, 0.29) is 44.6 Å². The van der Waals surface area contributed by atoms with Crippen molar-refractivity contribution in [2.45, 2.75) is 56.6 Å². The number of ether oxygens (including phenoxy) is 5. The minimum absolute atomic E-state index is 0.0188. The Labute approximate surface area is 235 Å². The number of benzene rings is 1. The zero-order chi connectivity index (χ0) is 29.6. The third-order valence-electron chi connectivity index (χ3n) is 6.58. The van der Waals surface area contributed by atoms with Gasteiger partial charge in [0.15, 0.2) is 12.1 Å². The molecule has 1 fully saturated rings. The van der Waals surface area contributed by atoms with E-state index in [0.717, 1.165) is 0 Å². The first-order valence-electron chi connectivity index (χ1n) is 12.9. The molecule has 3 heterocycles. The van der Waals surface area contributed by atoms with E-state index < -0.39 is 60.6 Å². The maximum atomic E-state index is 13.3. The average Bonchev–Trinajstić information content (AvgIpc) is 3.52. The van der Waals surface area contributed by atoms with Crippen LogP contribution in [-0.2, 0) is 33.3 Å². The molecule has 0 saturated carbocycles. The first-order valence-corrected chi connectivity index (χ1v) is 12.9. The summed E-state index contributed by atoms with van der Waals surface area (Å²) in [4.78, 5) is 50.1. The fourth-order valence-corrected chi connectivity index (χ4v) is 4.58. The molecule has 0 bridgehead atoms. The van der Waals surface area contributed by atoms with Gasteiger partial charge in [-0.3, -0.25) is 25.1 Å². The molecular formula is C26H33N5O10. The first kappa shape index (κ1) is 30.4. The fourth-order valence-electron chi connectivity index (χ4n) is 4.58. The number of aliphatic hydroxyl groups is 2. The maximum absolute atomic E-state index is 13.3. The fraction of sp³-hybridized carbons (Fsp3) is 0.538. The molecule has 41 heavy (non-hydrogen) atoms. The molecule has 1 aromatic rings. The van der Waals surface area contributed by atoms with Crippen molar-refractivity contribution in [2.75, 3.05) is 33.3 Å². The number of aliphatic imine (C=N–C) groups is 3. The molecule has 3 aliphatic heterocycles. The Morgan fingerprint density at radius 3 is 2.66 bits per heavy atom. The van der Waals surface area contributed by atoms with Crippen molar-refractivity contribution >= 4 is 35.6 Å². The van der Waals surface area contributed by atoms with Crippen molar-refractivity contribution in [1.82, 2.24) is 4.90 Å². The maximum Gasteiger partial charge on any atom is 0.303 e. The zero-order valence-electron chi connectivity index (χ0n) is 22.6. The van der Waals surface area contributed by atoms with Crippen LogP contribution in [0.4, 0.5) is 0 Å². The highest BCUT2D eigenvalue weighted by atomic mass is 16.7. The number of esters is 2. The molecule has 1 aromatic carbocycles. The van der Waals surface area contributed by atoms with Crippen molar-refractivity contribution in [3.8, 4) is 0 Å². The Balaban J connectivity index is 1.39. The highest BCUT2D eigenvalue weighted by molar-refractivity contribution is 6.52. The Bertz CT molecular complexity index is 1210. The molecule has 15 heteroatoms. The average molecular weight is 576 g/mol. The molecule has 2 unspecified atom stereocenters. The number of hydrogen-bond acceptors (Lipinski definition) is 15. The molecule has 4 rings (SSSR count). The Hall–Kier alpha value is -3.60. The largest absolute Gasteiger partial charge is 0.462 e. The predicted octanol–water partition coefficient (Wildman–Crippen LogP) is -0.999. The van der Waals surface area contributed by atoms with E-state index in [1.54, 1.807) is 35.2 Å². The van der Waals surface area contributed by atoms with E-state index in [2.05, 4.69) is 15.0 Å². The van der Waals surface area contributed by atoms with E-state index in [4.69, 9.17) is 29.4 Å². The molecule has 1 saturated heterocycles. The van der Waals surface area contributed by atoms with Crippen LogP contribution in [0.3, 0.4) is 0 Å². The van der Waals surface area contributed by atoms with Gasteiger partial charge < -0.3 is 38.8 Å². The smallest absolute Gasteiger partial charge is 0.303 e. The molecule has 3 aliphatic rings. The van der Waals surface area contributed by atoms with Crippen molar-refractivity contribution in [3.05, 3.63) is 35.9 Å². The summed E-state index contributed by atoms with van der Waals surface area (Å²) in [5, 5.41) is 20.5. The predicted molar refractivity (Wildman–Crippen MR) is 142 cm³/mol. The lowest BCUT2D eigenvalue weighted by Gasteiger charge is -2.33. The van der Waals surface area contributed by atoms with Crippen LogP contribution < -0.4 is 5.73 Å². The van der Waals surface area contributed by atoms with Crippen LogP contribution in [0.1, 0.15) is 30.6 Å². The van der Waals surface area contributed by atoms with E-state index in [0.29, 0.717) is 5.56 Å². The zero-order valence-corrected chi connectivity index (χ0v) is 22.6. The lowest BCUT2D eigenvalue weighted by atomic mass is 9.93. The normalized spacial score (nSPS) is 27.6. The molecule has 0 spiro atoms. The lowest BCUT2D eigenvalue weighted by molar-refractivity contribution is -0.161. The molecular weight excluding hydrogens is 542 g/mol. The molecule has 6 atom stereocenters. The third kappa shape index (κ3) is 6.83. The van der Waals surface area contributed by atoms with Crippen molar-refractivity contribution in [1.29, 1.82) is 0 Å². The number of amidine groups is 1. The first-order chi connectivity index (χ1) is 19.7. The number of nitrogens with two attached hydrogens (primary N) is 1. The van der Waals surface area contributed by atoms with E-state index in [9.17, 15) is 24.6 Å². The van der Waals surface area contributed by atoms with Gasteiger partial charge in [-0.05, 0) is 0 Å². The minimum Gasteiger partial charge on any atom is -0.462 e. The Morgan fingerprint density at radius 2 is 1.98 bits per heavy atom. The van der Waals surface area contributed by atoms with Crippen LogP contribution in [0.25, 0.3) is 0 Å². The van der Waals surface area contributed by atoms with Crippen LogP contribution in [0, 0.1) is 0 Å². The summed E-state index contributed by atoms with van der Waals surface area (Å²) >= 11 is 0. The van der Waals surface area contributed by atoms with Gasteiger partial charge in [-0.2, -0.15) is 0 Å². The molecule has 222 valence electrons. The number of carbonyl (C=O) groups is 3. The molecule has 15 nitrogen and oxygen atoms in total. The van der Waals surface area contributed by atoms with Crippen LogP contribution in [0.15, 0.2) is 45.3 Å². The quantitative estimate of drug-likeness (QED) is 0.112. The van der Waals surface area contributed by atoms with Gasteiger partial charge in [0.1, 0.15) is 56.5 Å². The molecule has 0 radical (unpaired) electrons. The van der Waals surface area contributed by atoms with Gasteiger partial charge in [-0.25, -0.2) is 9.98 Å². The second-order valence-corrected chi connectivity index (χ2v) is 9.50. The summed E-state index contributed by atoms with van der Waals surface area (Å²) < 4.78 is 27.2. The van der Waals surface area contributed by atoms with E-state index >= 15 is 0 Å². The summed E-state index contributed by atoms with van der Waals surface area (Å²) in [5.74, 6) is -1.28. The van der Waals surface area contributed by atoms with Crippen molar-refractivity contribution in [2.24, 2.45) is 20.7 Å². The van der Waals surface area contributed by atoms with Gasteiger partial charge >= 0.3 is 11.9 Å². The second-order valence-electron chi connectivity index (χ2n) is 9.50. The monoisotopic (exact) mass is 575 g/mol. The van der Waals surface area contributed by atoms with Crippen LogP contribution in [0.2, 0.25) is 0 Å². The summed E-state index contributed by atoms with van der Waals surface area (Å²) in [6.45, 7) is 1.65. The number of fused-ring (bicyclic) bond motifs is 1. The van der Waals surface area contributed by atoms with Crippen molar-refractivity contribution < 1.29 is 48.3 Å². The standard InChI is InChI=1S/C26H33N5O10/c1-15(33)38-11-18(40-16(2)34)8-9-37-14-39-21-20(35)19(10-32)41-25(21)31-13-29-22-24(31)28-12-30-26(22,27)23(36)17-6-4-3-5-7-17/h3-7,12,18-21,25,32,35H,8-11,13-14,27H2,1-2H3/t18?,19-,20-,21-,25-,26?/m1/s1. The van der Waals surface area contributed by atoms with E-state index in [1.807, 2.05) is 0 Å². The highest BCUT2D eigenvalue weighted by Gasteiger charge is 2.53. The Morgan fingerprint density at radius 1 is 1.22 bits per heavy atom. The van der Waals surface area contributed by atoms with Gasteiger partial charge in [0.05, 0.1) is 13.2 Å². The van der Waals surface area contributed by atoms with Gasteiger partial charge in [0.2, 0.25) is 11.4 Å². The van der Waals surface area contributed by atoms with E-state index in [1.165, 1.54) is 20.2 Å². The summed E-state index contributed by atoms with van der Waals surface area (Å²) in [6.07, 6.45) is -3.49. The minimum atomic E-state index is -1.81. The number of Topliss-reactive ketones (excluding diaryl/α,β-unsaturated/α-hetero) is 1. The number of carbonyl (C=O) groups excluding carboxylic acids is 3. The number of ketones is 1. The van der Waals surface area contributed by atoms with Crippen LogP contribution in [-0.4, -0.2) is 120 Å². The van der Waals surface area contributed by atoms with Gasteiger partial charge in [0.25, 0.3) is 0 Å². The third-order valence-corrected chi connectivity index (χ3v) is 6.58. The summed E-state index contributed by atoms with van der Waals surface area (Å²) in [6, 6.07) is 8.45. The topological polar surface area (TPSA) is 204 Å². The number of hydrogen-bond donors (Lipinski definition) is 3. The van der Waals surface area contributed by atoms with Crippen LogP contribution in [0.5, 0.6) is 0 Å². The molecule has 0 amide bonds. The molecule has 4 N–H and O–H groups in total.